The minimum Gasteiger partial charge on any atom is -0.340 e. The third-order valence-electron chi connectivity index (χ3n) is 14.8. The number of benzene rings is 2. The van der Waals surface area contributed by atoms with Gasteiger partial charge in [0.25, 0.3) is 0 Å². The second-order valence-corrected chi connectivity index (χ2v) is 17.3. The van der Waals surface area contributed by atoms with Crippen molar-refractivity contribution in [2.75, 3.05) is 0 Å². The summed E-state index contributed by atoms with van der Waals surface area (Å²) >= 11 is 0. The summed E-state index contributed by atoms with van der Waals surface area (Å²) in [5.41, 5.74) is 18.9. The van der Waals surface area contributed by atoms with Gasteiger partial charge in [-0.25, -0.2) is 0 Å². The van der Waals surface area contributed by atoms with Gasteiger partial charge < -0.3 is 5.32 Å². The van der Waals surface area contributed by atoms with Crippen LogP contribution in [0.2, 0.25) is 0 Å². The van der Waals surface area contributed by atoms with Gasteiger partial charge in [-0.3, -0.25) is 4.99 Å². The van der Waals surface area contributed by atoms with Gasteiger partial charge in [0.1, 0.15) is 5.84 Å². The highest BCUT2D eigenvalue weighted by molar-refractivity contribution is 6.06. The van der Waals surface area contributed by atoms with Crippen LogP contribution in [0.3, 0.4) is 0 Å². The van der Waals surface area contributed by atoms with Gasteiger partial charge in [0.15, 0.2) is 0 Å². The van der Waals surface area contributed by atoms with E-state index in [-0.39, 0.29) is 11.5 Å². The molecule has 0 amide bonds. The second kappa shape index (κ2) is 12.4. The highest BCUT2D eigenvalue weighted by Gasteiger charge is 2.63. The lowest BCUT2D eigenvalue weighted by Crippen LogP contribution is -2.41. The molecule has 0 saturated heterocycles. The largest absolute Gasteiger partial charge is 0.340 e. The summed E-state index contributed by atoms with van der Waals surface area (Å²) in [6.07, 6.45) is 49.4. The lowest BCUT2D eigenvalue weighted by molar-refractivity contribution is 0.337. The number of allylic oxidation sites excluding steroid dienone is 20. The van der Waals surface area contributed by atoms with Gasteiger partial charge in [-0.1, -0.05) is 145 Å². The fourth-order valence-electron chi connectivity index (χ4n) is 12.6. The minimum absolute atomic E-state index is 0.00382. The zero-order chi connectivity index (χ0) is 36.1. The molecule has 12 rings (SSSR count). The van der Waals surface area contributed by atoms with Crippen molar-refractivity contribution in [3.05, 3.63) is 201 Å². The van der Waals surface area contributed by atoms with Crippen molar-refractivity contribution in [1.82, 2.24) is 5.32 Å². The van der Waals surface area contributed by atoms with Crippen molar-refractivity contribution < 1.29 is 0 Å². The summed E-state index contributed by atoms with van der Waals surface area (Å²) in [7, 11) is 0. The van der Waals surface area contributed by atoms with Crippen molar-refractivity contribution in [3.63, 3.8) is 0 Å². The van der Waals surface area contributed by atoms with Crippen molar-refractivity contribution in [3.8, 4) is 11.1 Å². The van der Waals surface area contributed by atoms with E-state index in [1.54, 1.807) is 27.9 Å². The number of hydrogen-bond donors (Lipinski definition) is 1. The van der Waals surface area contributed by atoms with Crippen molar-refractivity contribution in [2.24, 2.45) is 34.6 Å². The van der Waals surface area contributed by atoms with Crippen molar-refractivity contribution in [1.29, 1.82) is 0 Å². The Balaban J connectivity index is 1.08. The van der Waals surface area contributed by atoms with E-state index in [4.69, 9.17) is 4.99 Å². The molecule has 1 saturated carbocycles. The summed E-state index contributed by atoms with van der Waals surface area (Å²) < 4.78 is 0. The summed E-state index contributed by atoms with van der Waals surface area (Å²) in [6, 6.07) is 16.6. The molecule has 1 fully saturated rings. The molecule has 10 aliphatic rings. The molecule has 0 aromatic heterocycles. The number of rotatable bonds is 3. The van der Waals surface area contributed by atoms with Gasteiger partial charge in [0.05, 0.1) is 6.04 Å². The first-order chi connectivity index (χ1) is 27.3. The fourth-order valence-corrected chi connectivity index (χ4v) is 12.6. The molecule has 1 N–H and O–H groups in total. The molecule has 55 heavy (non-hydrogen) atoms. The van der Waals surface area contributed by atoms with Crippen molar-refractivity contribution >= 4 is 5.84 Å². The monoisotopic (exact) mass is 712 g/mol. The van der Waals surface area contributed by atoms with Crippen LogP contribution in [0.4, 0.5) is 0 Å². The molecular weight excluding hydrogens is 665 g/mol. The average molecular weight is 713 g/mol. The molecule has 1 spiro atoms. The van der Waals surface area contributed by atoms with Crippen LogP contribution >= 0.6 is 0 Å². The Morgan fingerprint density at radius 3 is 2.44 bits per heavy atom. The van der Waals surface area contributed by atoms with E-state index in [1.807, 2.05) is 0 Å². The maximum atomic E-state index is 5.68. The van der Waals surface area contributed by atoms with E-state index in [9.17, 15) is 0 Å². The number of aliphatic imine (C=N–C) groups is 1. The molecular formula is C53H48N2. The normalized spacial score (nSPS) is 33.0. The second-order valence-electron chi connectivity index (χ2n) is 17.3. The van der Waals surface area contributed by atoms with Crippen LogP contribution in [0, 0.1) is 29.6 Å². The SMILES string of the molecule is C1=CC2C3=C(CC4C(=C3)C3C=CC=CC3C43c4ccccc4-c4cccc(C5=NC(C6=CCCC=C6)C=C(C6=CCCCC6)N5)c43)C3=C(CCC=C3)C2C=C1. The van der Waals surface area contributed by atoms with E-state index in [1.165, 1.54) is 63.9 Å². The van der Waals surface area contributed by atoms with Gasteiger partial charge in [-0.05, 0) is 120 Å². The van der Waals surface area contributed by atoms with Crippen LogP contribution < -0.4 is 5.32 Å². The molecule has 2 aromatic carbocycles. The number of nitrogens with zero attached hydrogens (tertiary/aromatic N) is 1. The Morgan fingerprint density at radius 2 is 1.55 bits per heavy atom. The summed E-state index contributed by atoms with van der Waals surface area (Å²) in [5.74, 6) is 2.94. The van der Waals surface area contributed by atoms with Crippen LogP contribution in [-0.2, 0) is 5.41 Å². The van der Waals surface area contributed by atoms with Gasteiger partial charge in [0.2, 0.25) is 0 Å². The van der Waals surface area contributed by atoms with Crippen LogP contribution in [0.1, 0.15) is 74.5 Å². The molecule has 1 aliphatic heterocycles. The molecule has 7 unspecified atom stereocenters. The molecule has 2 heteroatoms. The maximum absolute atomic E-state index is 5.68. The third-order valence-corrected chi connectivity index (χ3v) is 14.8. The first-order valence-electron chi connectivity index (χ1n) is 21.2. The molecule has 2 nitrogen and oxygen atoms in total. The Labute approximate surface area is 326 Å². The first-order valence-corrected chi connectivity index (χ1v) is 21.2. The Bertz CT molecular complexity index is 2470. The van der Waals surface area contributed by atoms with Crippen LogP contribution in [0.25, 0.3) is 11.1 Å². The summed E-state index contributed by atoms with van der Waals surface area (Å²) in [6.45, 7) is 0. The molecule has 1 heterocycles. The van der Waals surface area contributed by atoms with Gasteiger partial charge >= 0.3 is 0 Å². The van der Waals surface area contributed by atoms with Crippen LogP contribution in [0.5, 0.6) is 0 Å². The van der Waals surface area contributed by atoms with Crippen molar-refractivity contribution in [2.45, 2.75) is 69.2 Å². The smallest absolute Gasteiger partial charge is 0.134 e. The van der Waals surface area contributed by atoms with Crippen LogP contribution in [-0.4, -0.2) is 11.9 Å². The lowest BCUT2D eigenvalue weighted by atomic mass is 9.58. The minimum atomic E-state index is -0.230. The number of fused-ring (bicyclic) bond motifs is 14. The zero-order valence-electron chi connectivity index (χ0n) is 31.6. The molecule has 7 atom stereocenters. The lowest BCUT2D eigenvalue weighted by Gasteiger charge is -2.44. The first kappa shape index (κ1) is 32.1. The highest BCUT2D eigenvalue weighted by Crippen LogP contribution is 2.70. The van der Waals surface area contributed by atoms with E-state index < -0.39 is 0 Å². The molecule has 0 bridgehead atoms. The number of hydrogen-bond acceptors (Lipinski definition) is 2. The summed E-state index contributed by atoms with van der Waals surface area (Å²) in [5, 5.41) is 4.03. The Hall–Kier alpha value is -5.21. The molecule has 2 aromatic rings. The van der Waals surface area contributed by atoms with Crippen LogP contribution in [0.15, 0.2) is 189 Å². The van der Waals surface area contributed by atoms with Gasteiger partial charge in [0, 0.05) is 40.3 Å². The maximum Gasteiger partial charge on any atom is 0.134 e. The fraction of sp³-hybridized carbons (Fsp3) is 0.302. The average Bonchev–Trinajstić information content (AvgIpc) is 3.73. The molecule has 9 aliphatic carbocycles. The van der Waals surface area contributed by atoms with Gasteiger partial charge in [-0.15, -0.1) is 0 Å². The van der Waals surface area contributed by atoms with E-state index in [2.05, 4.69) is 145 Å². The van der Waals surface area contributed by atoms with E-state index >= 15 is 0 Å². The highest BCUT2D eigenvalue weighted by atomic mass is 15.0. The molecule has 270 valence electrons. The van der Waals surface area contributed by atoms with Gasteiger partial charge in [-0.2, -0.15) is 0 Å². The predicted molar refractivity (Wildman–Crippen MR) is 226 cm³/mol. The number of nitrogens with one attached hydrogen (secondary N) is 1. The standard InChI is InChI=1S/C53H48N2/c1-3-16-33(17-4-1)49-32-50(34-18-5-2-6-19-34)55-52(54-49)42-27-15-26-41-39-24-11-13-28-46(39)53(51(41)42)47-29-14-12-25-40(47)45-30-43-37-22-9-7-20-35(37)36-21-8-10-23-38(36)44(43)31-48(45)53/h3,7,9-18,20,22-30,32,35,37,40,47-49H,1-2,4-6,8,19,21,31H2,(H,54,55). The third kappa shape index (κ3) is 4.58. The van der Waals surface area contributed by atoms with E-state index in [0.29, 0.717) is 29.6 Å². The predicted octanol–water partition coefficient (Wildman–Crippen LogP) is 12.0. The summed E-state index contributed by atoms with van der Waals surface area (Å²) in [4.78, 5) is 5.68. The zero-order valence-corrected chi connectivity index (χ0v) is 31.6. The quantitative estimate of drug-likeness (QED) is 0.337. The molecule has 0 radical (unpaired) electrons. The number of amidine groups is 1. The van der Waals surface area contributed by atoms with E-state index in [0.717, 1.165) is 44.4 Å². The Kier molecular flexibility index (Phi) is 7.23. The topological polar surface area (TPSA) is 24.4 Å². The Morgan fingerprint density at radius 1 is 0.709 bits per heavy atom.